The normalized spacial score (nSPS) is 10.8. The number of para-hydroxylation sites is 1. The van der Waals surface area contributed by atoms with Crippen LogP contribution in [0, 0.1) is 11.8 Å². The highest BCUT2D eigenvalue weighted by atomic mass is 32.2. The van der Waals surface area contributed by atoms with Gasteiger partial charge in [-0.15, -0.1) is 10.2 Å². The van der Waals surface area contributed by atoms with Crippen LogP contribution in [0.1, 0.15) is 6.92 Å². The molecule has 0 radical (unpaired) electrons. The van der Waals surface area contributed by atoms with Crippen LogP contribution in [0.4, 0.5) is 14.5 Å². The maximum absolute atomic E-state index is 14.0. The number of aromatic nitrogens is 4. The summed E-state index contributed by atoms with van der Waals surface area (Å²) in [6.45, 7) is 2.31. The Morgan fingerprint density at radius 1 is 1.22 bits per heavy atom. The van der Waals surface area contributed by atoms with E-state index in [9.17, 15) is 13.6 Å². The summed E-state index contributed by atoms with van der Waals surface area (Å²) in [6, 6.07) is 9.99. The fraction of sp³-hybridized carbons (Fsp3) is 0.222. The molecule has 140 valence electrons. The third kappa shape index (κ3) is 4.13. The summed E-state index contributed by atoms with van der Waals surface area (Å²) >= 11 is 1.21. The van der Waals surface area contributed by atoms with Gasteiger partial charge in [0.15, 0.2) is 11.0 Å². The molecule has 0 saturated carbocycles. The van der Waals surface area contributed by atoms with Gasteiger partial charge < -0.3 is 9.47 Å². The minimum absolute atomic E-state index is 0.0605. The molecular weight excluding hydrogens is 372 g/mol. The molecule has 0 bridgehead atoms. The van der Waals surface area contributed by atoms with Crippen molar-refractivity contribution in [1.82, 2.24) is 19.7 Å². The van der Waals surface area contributed by atoms with Gasteiger partial charge in [-0.05, 0) is 19.1 Å². The molecule has 0 unspecified atom stereocenters. The van der Waals surface area contributed by atoms with E-state index in [2.05, 4.69) is 15.2 Å². The molecular formula is C18H17F2N5OS. The first-order chi connectivity index (χ1) is 13.0. The van der Waals surface area contributed by atoms with Crippen LogP contribution in [0.2, 0.25) is 0 Å². The lowest BCUT2D eigenvalue weighted by Crippen LogP contribution is -2.27. The van der Waals surface area contributed by atoms with Crippen LogP contribution in [-0.2, 0) is 11.3 Å². The van der Waals surface area contributed by atoms with Gasteiger partial charge in [0.2, 0.25) is 11.9 Å². The van der Waals surface area contributed by atoms with Gasteiger partial charge in [-0.3, -0.25) is 4.79 Å². The predicted molar refractivity (Wildman–Crippen MR) is 99.4 cm³/mol. The molecule has 27 heavy (non-hydrogen) atoms. The number of nitrogens with zero attached hydrogens (tertiary/aromatic N) is 5. The Bertz CT molecular complexity index is 948. The van der Waals surface area contributed by atoms with Gasteiger partial charge in [0.05, 0.1) is 11.3 Å². The standard InChI is InChI=1S/C18H17F2N5OS/c1-3-25-17(13-10-21-15(20)9-14(13)19)22-23-18(25)27-11-16(26)24(2)12-7-5-4-6-8-12/h4-10H,3,11H2,1-2H3. The van der Waals surface area contributed by atoms with Crippen LogP contribution in [0.15, 0.2) is 47.8 Å². The molecule has 0 saturated heterocycles. The van der Waals surface area contributed by atoms with Crippen LogP contribution >= 0.6 is 11.8 Å². The number of amides is 1. The highest BCUT2D eigenvalue weighted by molar-refractivity contribution is 7.99. The molecule has 0 spiro atoms. The van der Waals surface area contributed by atoms with E-state index in [-0.39, 0.29) is 23.0 Å². The lowest BCUT2D eigenvalue weighted by atomic mass is 10.2. The summed E-state index contributed by atoms with van der Waals surface area (Å²) in [5.41, 5.74) is 0.852. The molecule has 0 N–H and O–H groups in total. The first kappa shape index (κ1) is 19.0. The number of anilines is 1. The summed E-state index contributed by atoms with van der Waals surface area (Å²) in [7, 11) is 1.70. The van der Waals surface area contributed by atoms with Crippen LogP contribution < -0.4 is 4.90 Å². The number of carbonyl (C=O) groups excluding carboxylic acids is 1. The summed E-state index contributed by atoms with van der Waals surface area (Å²) in [6.07, 6.45) is 1.09. The zero-order valence-electron chi connectivity index (χ0n) is 14.8. The van der Waals surface area contributed by atoms with Gasteiger partial charge in [0.25, 0.3) is 0 Å². The number of hydrogen-bond acceptors (Lipinski definition) is 5. The Morgan fingerprint density at radius 3 is 2.63 bits per heavy atom. The average Bonchev–Trinajstić information content (AvgIpc) is 3.08. The number of benzene rings is 1. The molecule has 0 aliphatic rings. The maximum atomic E-state index is 14.0. The van der Waals surface area contributed by atoms with Crippen molar-refractivity contribution in [2.45, 2.75) is 18.6 Å². The lowest BCUT2D eigenvalue weighted by molar-refractivity contribution is -0.115. The quantitative estimate of drug-likeness (QED) is 0.478. The summed E-state index contributed by atoms with van der Waals surface area (Å²) in [4.78, 5) is 17.5. The summed E-state index contributed by atoms with van der Waals surface area (Å²) < 4.78 is 28.7. The average molecular weight is 389 g/mol. The van der Waals surface area contributed by atoms with E-state index >= 15 is 0 Å². The van der Waals surface area contributed by atoms with Crippen molar-refractivity contribution in [3.63, 3.8) is 0 Å². The number of carbonyl (C=O) groups is 1. The van der Waals surface area contributed by atoms with Gasteiger partial charge in [-0.2, -0.15) is 4.39 Å². The third-order valence-electron chi connectivity index (χ3n) is 3.94. The summed E-state index contributed by atoms with van der Waals surface area (Å²) in [5.74, 6) is -1.38. The topological polar surface area (TPSA) is 63.9 Å². The molecule has 2 heterocycles. The van der Waals surface area contributed by atoms with E-state index in [0.29, 0.717) is 17.8 Å². The van der Waals surface area contributed by atoms with Crippen molar-refractivity contribution >= 4 is 23.4 Å². The molecule has 3 aromatic rings. The molecule has 0 atom stereocenters. The van der Waals surface area contributed by atoms with Crippen LogP contribution in [0.5, 0.6) is 0 Å². The first-order valence-electron chi connectivity index (χ1n) is 8.20. The SMILES string of the molecule is CCn1c(SCC(=O)N(C)c2ccccc2)nnc1-c1cnc(F)cc1F. The smallest absolute Gasteiger partial charge is 0.237 e. The molecule has 0 aliphatic heterocycles. The molecule has 0 aliphatic carbocycles. The number of hydrogen-bond donors (Lipinski definition) is 0. The van der Waals surface area contributed by atoms with Crippen molar-refractivity contribution in [2.75, 3.05) is 17.7 Å². The van der Waals surface area contributed by atoms with Gasteiger partial charge >= 0.3 is 0 Å². The highest BCUT2D eigenvalue weighted by Gasteiger charge is 2.19. The number of rotatable bonds is 6. The minimum Gasteiger partial charge on any atom is -0.315 e. The van der Waals surface area contributed by atoms with E-state index in [0.717, 1.165) is 11.9 Å². The van der Waals surface area contributed by atoms with E-state index in [4.69, 9.17) is 0 Å². The van der Waals surface area contributed by atoms with Crippen LogP contribution in [0.25, 0.3) is 11.4 Å². The molecule has 3 rings (SSSR count). The van der Waals surface area contributed by atoms with Crippen molar-refractivity contribution in [1.29, 1.82) is 0 Å². The second kappa shape index (κ2) is 8.26. The molecule has 2 aromatic heterocycles. The van der Waals surface area contributed by atoms with Crippen molar-refractivity contribution in [3.8, 4) is 11.4 Å². The molecule has 1 aromatic carbocycles. The Kier molecular flexibility index (Phi) is 5.80. The highest BCUT2D eigenvalue weighted by Crippen LogP contribution is 2.26. The second-order valence-electron chi connectivity index (χ2n) is 5.61. The van der Waals surface area contributed by atoms with Gasteiger partial charge in [0.1, 0.15) is 5.82 Å². The lowest BCUT2D eigenvalue weighted by Gasteiger charge is -2.16. The molecule has 1 amide bonds. The fourth-order valence-corrected chi connectivity index (χ4v) is 3.39. The van der Waals surface area contributed by atoms with Gasteiger partial charge in [-0.1, -0.05) is 30.0 Å². The predicted octanol–water partition coefficient (Wildman–Crippen LogP) is 3.39. The zero-order chi connectivity index (χ0) is 19.4. The van der Waals surface area contributed by atoms with Crippen molar-refractivity contribution in [3.05, 3.63) is 54.4 Å². The Hall–Kier alpha value is -2.81. The fourth-order valence-electron chi connectivity index (χ4n) is 2.47. The zero-order valence-corrected chi connectivity index (χ0v) is 15.6. The van der Waals surface area contributed by atoms with Gasteiger partial charge in [-0.25, -0.2) is 9.37 Å². The minimum atomic E-state index is -0.900. The largest absolute Gasteiger partial charge is 0.315 e. The van der Waals surface area contributed by atoms with E-state index in [1.807, 2.05) is 37.3 Å². The number of pyridine rings is 1. The van der Waals surface area contributed by atoms with Crippen molar-refractivity contribution < 1.29 is 13.6 Å². The van der Waals surface area contributed by atoms with E-state index in [1.54, 1.807) is 16.5 Å². The molecule has 6 nitrogen and oxygen atoms in total. The van der Waals surface area contributed by atoms with Crippen LogP contribution in [0.3, 0.4) is 0 Å². The van der Waals surface area contributed by atoms with Crippen molar-refractivity contribution in [2.24, 2.45) is 0 Å². The van der Waals surface area contributed by atoms with E-state index in [1.165, 1.54) is 11.8 Å². The van der Waals surface area contributed by atoms with Gasteiger partial charge in [0, 0.05) is 31.5 Å². The monoisotopic (exact) mass is 389 g/mol. The number of thioether (sulfide) groups is 1. The first-order valence-corrected chi connectivity index (χ1v) is 9.18. The Morgan fingerprint density at radius 2 is 1.96 bits per heavy atom. The second-order valence-corrected chi connectivity index (χ2v) is 6.56. The molecule has 0 fully saturated rings. The maximum Gasteiger partial charge on any atom is 0.237 e. The third-order valence-corrected chi connectivity index (χ3v) is 4.89. The van der Waals surface area contributed by atoms with E-state index < -0.39 is 11.8 Å². The number of halogens is 2. The Balaban J connectivity index is 1.76. The molecule has 9 heteroatoms. The van der Waals surface area contributed by atoms with Crippen LogP contribution in [-0.4, -0.2) is 38.5 Å². The summed E-state index contributed by atoms with van der Waals surface area (Å²) in [5, 5.41) is 8.52. The Labute approximate surface area is 159 Å².